The SMILES string of the molecule is O=c1ccc(C2CC2)nn1CC1(O)C[C@H]2CC[C@H](C1)N2Cc1ccccc1OC(F)F. The summed E-state index contributed by atoms with van der Waals surface area (Å²) in [6.07, 6.45) is 5.15. The molecule has 3 fully saturated rings. The van der Waals surface area contributed by atoms with Crippen molar-refractivity contribution in [2.75, 3.05) is 0 Å². The smallest absolute Gasteiger partial charge is 0.387 e. The van der Waals surface area contributed by atoms with E-state index in [2.05, 4.69) is 10.00 Å². The van der Waals surface area contributed by atoms with Crippen molar-refractivity contribution < 1.29 is 18.6 Å². The maximum absolute atomic E-state index is 12.8. The molecule has 1 aliphatic carbocycles. The van der Waals surface area contributed by atoms with Gasteiger partial charge in [0.15, 0.2) is 0 Å². The second-order valence-electron chi connectivity index (χ2n) is 9.20. The zero-order valence-corrected chi connectivity index (χ0v) is 17.3. The van der Waals surface area contributed by atoms with Gasteiger partial charge >= 0.3 is 6.61 Å². The minimum atomic E-state index is -2.86. The number of para-hydroxylation sites is 1. The average molecular weight is 431 g/mol. The number of hydrogen-bond donors (Lipinski definition) is 1. The highest BCUT2D eigenvalue weighted by atomic mass is 19.3. The van der Waals surface area contributed by atoms with Crippen molar-refractivity contribution in [2.24, 2.45) is 0 Å². The van der Waals surface area contributed by atoms with E-state index in [0.717, 1.165) is 36.9 Å². The molecular weight excluding hydrogens is 404 g/mol. The minimum absolute atomic E-state index is 0.130. The summed E-state index contributed by atoms with van der Waals surface area (Å²) in [5.74, 6) is 0.639. The van der Waals surface area contributed by atoms with Crippen LogP contribution in [0.4, 0.5) is 8.78 Å². The highest BCUT2D eigenvalue weighted by Crippen LogP contribution is 2.43. The summed E-state index contributed by atoms with van der Waals surface area (Å²) in [7, 11) is 0. The van der Waals surface area contributed by atoms with Crippen LogP contribution in [0.25, 0.3) is 0 Å². The monoisotopic (exact) mass is 431 g/mol. The Morgan fingerprint density at radius 3 is 2.48 bits per heavy atom. The summed E-state index contributed by atoms with van der Waals surface area (Å²) in [5.41, 5.74) is 0.463. The van der Waals surface area contributed by atoms with Crippen LogP contribution in [-0.2, 0) is 13.1 Å². The van der Waals surface area contributed by atoms with E-state index in [4.69, 9.17) is 4.74 Å². The van der Waals surface area contributed by atoms with Gasteiger partial charge in [-0.3, -0.25) is 9.69 Å². The van der Waals surface area contributed by atoms with Crippen LogP contribution >= 0.6 is 0 Å². The maximum atomic E-state index is 12.8. The summed E-state index contributed by atoms with van der Waals surface area (Å²) in [6, 6.07) is 10.5. The van der Waals surface area contributed by atoms with Gasteiger partial charge in [-0.1, -0.05) is 18.2 Å². The van der Waals surface area contributed by atoms with Crippen LogP contribution in [0.2, 0.25) is 0 Å². The van der Waals surface area contributed by atoms with Crippen molar-refractivity contribution in [1.82, 2.24) is 14.7 Å². The Morgan fingerprint density at radius 1 is 1.10 bits per heavy atom. The van der Waals surface area contributed by atoms with E-state index in [9.17, 15) is 18.7 Å². The van der Waals surface area contributed by atoms with Crippen LogP contribution in [0.15, 0.2) is 41.2 Å². The first-order chi connectivity index (χ1) is 14.9. The molecule has 8 heteroatoms. The largest absolute Gasteiger partial charge is 0.434 e. The molecule has 6 nitrogen and oxygen atoms in total. The minimum Gasteiger partial charge on any atom is -0.434 e. The lowest BCUT2D eigenvalue weighted by molar-refractivity contribution is -0.0691. The highest BCUT2D eigenvalue weighted by Gasteiger charge is 2.48. The third kappa shape index (κ3) is 4.36. The van der Waals surface area contributed by atoms with Crippen molar-refractivity contribution in [3.05, 3.63) is 58.0 Å². The maximum Gasteiger partial charge on any atom is 0.387 e. The molecule has 1 saturated carbocycles. The van der Waals surface area contributed by atoms with Crippen molar-refractivity contribution in [2.45, 2.75) is 81.8 Å². The van der Waals surface area contributed by atoms with Crippen LogP contribution in [0.5, 0.6) is 5.75 Å². The van der Waals surface area contributed by atoms with E-state index in [1.807, 2.05) is 12.1 Å². The third-order valence-corrected chi connectivity index (χ3v) is 6.87. The van der Waals surface area contributed by atoms with Gasteiger partial charge in [-0.05, 0) is 50.7 Å². The first kappa shape index (κ1) is 20.6. The van der Waals surface area contributed by atoms with Gasteiger partial charge in [-0.25, -0.2) is 4.68 Å². The van der Waals surface area contributed by atoms with Crippen molar-refractivity contribution in [3.63, 3.8) is 0 Å². The molecule has 166 valence electrons. The van der Waals surface area contributed by atoms with Crippen LogP contribution < -0.4 is 10.3 Å². The Balaban J connectivity index is 1.31. The Hall–Kier alpha value is -2.32. The Kier molecular flexibility index (Phi) is 5.30. The van der Waals surface area contributed by atoms with Gasteiger partial charge in [0.1, 0.15) is 5.75 Å². The molecule has 0 unspecified atom stereocenters. The first-order valence-electron chi connectivity index (χ1n) is 11.0. The second kappa shape index (κ2) is 7.98. The number of halogens is 2. The molecule has 3 aliphatic rings. The molecular formula is C23H27F2N3O3. The third-order valence-electron chi connectivity index (χ3n) is 6.87. The van der Waals surface area contributed by atoms with Gasteiger partial charge in [0.05, 0.1) is 17.8 Å². The quantitative estimate of drug-likeness (QED) is 0.729. The molecule has 1 aromatic heterocycles. The summed E-state index contributed by atoms with van der Waals surface area (Å²) < 4.78 is 31.6. The van der Waals surface area contributed by atoms with Crippen LogP contribution in [0.3, 0.4) is 0 Å². The molecule has 5 rings (SSSR count). The lowest BCUT2D eigenvalue weighted by Crippen LogP contribution is -2.53. The fourth-order valence-corrected chi connectivity index (χ4v) is 5.30. The van der Waals surface area contributed by atoms with Gasteiger partial charge < -0.3 is 9.84 Å². The number of hydrogen-bond acceptors (Lipinski definition) is 5. The van der Waals surface area contributed by atoms with E-state index in [0.29, 0.717) is 25.3 Å². The number of nitrogens with zero attached hydrogens (tertiary/aromatic N) is 3. The fraction of sp³-hybridized carbons (Fsp3) is 0.565. The van der Waals surface area contributed by atoms with Gasteiger partial charge in [-0.15, -0.1) is 0 Å². The predicted octanol–water partition coefficient (Wildman–Crippen LogP) is 3.28. The lowest BCUT2D eigenvalue weighted by Gasteiger charge is -2.44. The van der Waals surface area contributed by atoms with Gasteiger partial charge in [0.2, 0.25) is 0 Å². The number of benzene rings is 1. The molecule has 0 amide bonds. The van der Waals surface area contributed by atoms with Crippen LogP contribution in [0.1, 0.15) is 55.7 Å². The van der Waals surface area contributed by atoms with E-state index in [1.165, 1.54) is 4.68 Å². The number of rotatable bonds is 7. The van der Waals surface area contributed by atoms with Crippen LogP contribution in [-0.4, -0.2) is 44.1 Å². The Morgan fingerprint density at radius 2 is 1.81 bits per heavy atom. The lowest BCUT2D eigenvalue weighted by atomic mass is 9.85. The molecule has 2 saturated heterocycles. The number of ether oxygens (including phenoxy) is 1. The Labute approximate surface area is 179 Å². The summed E-state index contributed by atoms with van der Waals surface area (Å²) in [4.78, 5) is 14.6. The van der Waals surface area contributed by atoms with E-state index in [1.54, 1.807) is 24.3 Å². The zero-order valence-electron chi connectivity index (χ0n) is 17.3. The average Bonchev–Trinajstić information content (AvgIpc) is 3.52. The van der Waals surface area contributed by atoms with Crippen LogP contribution in [0, 0.1) is 0 Å². The second-order valence-corrected chi connectivity index (χ2v) is 9.20. The number of fused-ring (bicyclic) bond motifs is 2. The molecule has 2 atom stereocenters. The zero-order chi connectivity index (χ0) is 21.6. The molecule has 0 spiro atoms. The van der Waals surface area contributed by atoms with Crippen molar-refractivity contribution in [1.29, 1.82) is 0 Å². The molecule has 2 bridgehead atoms. The van der Waals surface area contributed by atoms with Crippen molar-refractivity contribution >= 4 is 0 Å². The predicted molar refractivity (Wildman–Crippen MR) is 110 cm³/mol. The summed E-state index contributed by atoms with van der Waals surface area (Å²) >= 11 is 0. The molecule has 1 aromatic carbocycles. The molecule has 2 aliphatic heterocycles. The topological polar surface area (TPSA) is 67.6 Å². The molecule has 1 N–H and O–H groups in total. The number of aliphatic hydroxyl groups is 1. The van der Waals surface area contributed by atoms with Gasteiger partial charge in [0.25, 0.3) is 5.56 Å². The fourth-order valence-electron chi connectivity index (χ4n) is 5.30. The van der Waals surface area contributed by atoms with Gasteiger partial charge in [0, 0.05) is 36.2 Å². The number of piperidine rings is 1. The summed E-state index contributed by atoms with van der Waals surface area (Å²) in [6.45, 7) is -2.16. The van der Waals surface area contributed by atoms with Crippen molar-refractivity contribution in [3.8, 4) is 5.75 Å². The van der Waals surface area contributed by atoms with Gasteiger partial charge in [-0.2, -0.15) is 13.9 Å². The molecule has 0 radical (unpaired) electrons. The Bertz CT molecular complexity index is 994. The van der Waals surface area contributed by atoms with E-state index >= 15 is 0 Å². The standard InChI is InChI=1S/C23H27F2N3O3/c24-22(25)31-20-4-2-1-3-16(20)13-27-17-7-8-18(27)12-23(30,11-17)14-28-21(29)10-9-19(26-28)15-5-6-15/h1-4,9-10,15,17-18,22,30H,5-8,11-14H2/t17-,18-/m1/s1. The molecule has 3 heterocycles. The molecule has 31 heavy (non-hydrogen) atoms. The van der Waals surface area contributed by atoms with E-state index in [-0.39, 0.29) is 29.9 Å². The summed E-state index contributed by atoms with van der Waals surface area (Å²) in [5, 5.41) is 15.9. The number of aromatic nitrogens is 2. The highest BCUT2D eigenvalue weighted by molar-refractivity contribution is 5.33. The molecule has 2 aromatic rings. The number of alkyl halides is 2. The first-order valence-corrected chi connectivity index (χ1v) is 11.0. The normalized spacial score (nSPS) is 28.3. The van der Waals surface area contributed by atoms with E-state index < -0.39 is 12.2 Å².